The van der Waals surface area contributed by atoms with Crippen LogP contribution in [0.15, 0.2) is 6.58 Å². The summed E-state index contributed by atoms with van der Waals surface area (Å²) in [7, 11) is 0. The average molecular weight is 326 g/mol. The van der Waals surface area contributed by atoms with Crippen LogP contribution in [0.5, 0.6) is 0 Å². The van der Waals surface area contributed by atoms with Crippen LogP contribution in [-0.2, 0) is 0 Å². The van der Waals surface area contributed by atoms with E-state index >= 15 is 0 Å². The van der Waals surface area contributed by atoms with Gasteiger partial charge in [-0.05, 0) is 22.6 Å². The molecule has 15 heavy (non-hydrogen) atoms. The van der Waals surface area contributed by atoms with Crippen LogP contribution >= 0.6 is 22.6 Å². The molecule has 0 bridgehead atoms. The average Bonchev–Trinajstić information content (AvgIpc) is 2.16. The van der Waals surface area contributed by atoms with Crippen LogP contribution in [0.3, 0.4) is 0 Å². The summed E-state index contributed by atoms with van der Waals surface area (Å²) >= 11 is 1.46. The highest BCUT2D eigenvalue weighted by Gasteiger charge is 2.24. The van der Waals surface area contributed by atoms with Crippen molar-refractivity contribution in [3.63, 3.8) is 0 Å². The van der Waals surface area contributed by atoms with Crippen molar-refractivity contribution in [1.82, 2.24) is 0 Å². The third kappa shape index (κ3) is 1.86. The first-order valence-corrected chi connectivity index (χ1v) is 4.67. The molecule has 0 unspecified atom stereocenters. The monoisotopic (exact) mass is 326 g/mol. The molecule has 0 nitrogen and oxygen atoms in total. The first-order chi connectivity index (χ1) is 6.91. The van der Waals surface area contributed by atoms with E-state index in [-0.39, 0.29) is 3.58 Å². The Morgan fingerprint density at radius 1 is 1.07 bits per heavy atom. The molecular formula is C10H3F4I. The van der Waals surface area contributed by atoms with E-state index in [4.69, 9.17) is 6.42 Å². The van der Waals surface area contributed by atoms with Crippen molar-refractivity contribution in [3.05, 3.63) is 41.0 Å². The Morgan fingerprint density at radius 3 is 1.73 bits per heavy atom. The molecule has 5 heteroatoms. The van der Waals surface area contributed by atoms with Gasteiger partial charge in [0.05, 0.1) is 5.56 Å². The van der Waals surface area contributed by atoms with Gasteiger partial charge in [0.15, 0.2) is 23.3 Å². The minimum Gasteiger partial charge on any atom is -0.203 e. The van der Waals surface area contributed by atoms with Crippen LogP contribution in [0.2, 0.25) is 0 Å². The van der Waals surface area contributed by atoms with Crippen LogP contribution in [0.1, 0.15) is 11.1 Å². The van der Waals surface area contributed by atoms with Gasteiger partial charge in [0.1, 0.15) is 5.56 Å². The van der Waals surface area contributed by atoms with Crippen LogP contribution in [0.25, 0.3) is 3.58 Å². The van der Waals surface area contributed by atoms with E-state index in [1.807, 2.05) is 0 Å². The number of hydrogen-bond acceptors (Lipinski definition) is 0. The second-order valence-electron chi connectivity index (χ2n) is 2.56. The van der Waals surface area contributed by atoms with Crippen molar-refractivity contribution in [2.45, 2.75) is 0 Å². The molecule has 0 saturated carbocycles. The third-order valence-corrected chi connectivity index (χ3v) is 2.22. The fourth-order valence-electron chi connectivity index (χ4n) is 0.997. The van der Waals surface area contributed by atoms with Crippen LogP contribution in [0.4, 0.5) is 17.6 Å². The standard InChI is InChI=1S/C10H3F4I/c1-3-5-7(11)9(13)6(4(2)15)10(14)8(5)12/h1H,2H2. The molecular weight excluding hydrogens is 323 g/mol. The fourth-order valence-corrected chi connectivity index (χ4v) is 1.47. The molecule has 1 aromatic carbocycles. The largest absolute Gasteiger partial charge is 0.203 e. The summed E-state index contributed by atoms with van der Waals surface area (Å²) in [5.41, 5.74) is -1.88. The summed E-state index contributed by atoms with van der Waals surface area (Å²) in [6.45, 7) is 3.21. The Labute approximate surface area is 97.1 Å². The lowest BCUT2D eigenvalue weighted by Gasteiger charge is -2.07. The highest BCUT2D eigenvalue weighted by Crippen LogP contribution is 2.30. The summed E-state index contributed by atoms with van der Waals surface area (Å²) in [6, 6.07) is 0. The number of rotatable bonds is 1. The lowest BCUT2D eigenvalue weighted by atomic mass is 10.1. The highest BCUT2D eigenvalue weighted by atomic mass is 127. The van der Waals surface area contributed by atoms with Gasteiger partial charge in [0.25, 0.3) is 0 Å². The molecule has 0 aliphatic carbocycles. The van der Waals surface area contributed by atoms with Gasteiger partial charge in [-0.1, -0.05) is 12.5 Å². The second-order valence-corrected chi connectivity index (χ2v) is 3.86. The van der Waals surface area contributed by atoms with Crippen LogP contribution < -0.4 is 0 Å². The molecule has 78 valence electrons. The van der Waals surface area contributed by atoms with Gasteiger partial charge in [-0.25, -0.2) is 17.6 Å². The predicted molar refractivity (Wildman–Crippen MR) is 57.3 cm³/mol. The Balaban J connectivity index is 3.76. The topological polar surface area (TPSA) is 0 Å². The normalized spacial score (nSPS) is 9.87. The summed E-state index contributed by atoms with van der Waals surface area (Å²) in [5.74, 6) is -4.66. The molecule has 0 radical (unpaired) electrons. The van der Waals surface area contributed by atoms with Crippen molar-refractivity contribution in [2.75, 3.05) is 0 Å². The minimum atomic E-state index is -1.58. The van der Waals surface area contributed by atoms with Gasteiger partial charge in [0, 0.05) is 3.58 Å². The maximum Gasteiger partial charge on any atom is 0.178 e. The van der Waals surface area contributed by atoms with Crippen molar-refractivity contribution >= 4 is 26.2 Å². The van der Waals surface area contributed by atoms with E-state index in [2.05, 4.69) is 6.58 Å². The van der Waals surface area contributed by atoms with Crippen molar-refractivity contribution < 1.29 is 17.6 Å². The Kier molecular flexibility index (Phi) is 3.39. The molecule has 1 aromatic rings. The van der Waals surface area contributed by atoms with E-state index in [0.717, 1.165) is 0 Å². The number of halogens is 5. The van der Waals surface area contributed by atoms with Crippen molar-refractivity contribution in [1.29, 1.82) is 0 Å². The first kappa shape index (κ1) is 12.0. The molecule has 0 heterocycles. The van der Waals surface area contributed by atoms with E-state index in [0.29, 0.717) is 0 Å². The maximum atomic E-state index is 13.2. The molecule has 0 aliphatic rings. The van der Waals surface area contributed by atoms with Gasteiger partial charge in [-0.2, -0.15) is 0 Å². The lowest BCUT2D eigenvalue weighted by Crippen LogP contribution is -2.04. The van der Waals surface area contributed by atoms with Gasteiger partial charge in [0.2, 0.25) is 0 Å². The number of benzene rings is 1. The molecule has 0 spiro atoms. The molecule has 0 aromatic heterocycles. The quantitative estimate of drug-likeness (QED) is 0.320. The number of hydrogen-bond donors (Lipinski definition) is 0. The SMILES string of the molecule is C#Cc1c(F)c(F)c(C(=C)I)c(F)c1F. The van der Waals surface area contributed by atoms with Gasteiger partial charge in [-0.15, -0.1) is 6.42 Å². The smallest absolute Gasteiger partial charge is 0.178 e. The van der Waals surface area contributed by atoms with Gasteiger partial charge >= 0.3 is 0 Å². The van der Waals surface area contributed by atoms with E-state index < -0.39 is 34.4 Å². The molecule has 0 aliphatic heterocycles. The molecule has 0 atom stereocenters. The van der Waals surface area contributed by atoms with Crippen molar-refractivity contribution in [2.24, 2.45) is 0 Å². The fraction of sp³-hybridized carbons (Fsp3) is 0. The predicted octanol–water partition coefficient (Wildman–Crippen LogP) is 3.63. The van der Waals surface area contributed by atoms with E-state index in [1.165, 1.54) is 22.6 Å². The molecule has 0 saturated heterocycles. The zero-order valence-electron chi connectivity index (χ0n) is 7.17. The highest BCUT2D eigenvalue weighted by molar-refractivity contribution is 14.1. The Morgan fingerprint density at radius 2 is 1.47 bits per heavy atom. The zero-order valence-corrected chi connectivity index (χ0v) is 9.33. The minimum absolute atomic E-state index is 0.149. The maximum absolute atomic E-state index is 13.2. The van der Waals surface area contributed by atoms with E-state index in [9.17, 15) is 17.6 Å². The summed E-state index contributed by atoms with van der Waals surface area (Å²) < 4.78 is 52.4. The third-order valence-electron chi connectivity index (χ3n) is 1.68. The van der Waals surface area contributed by atoms with Gasteiger partial charge < -0.3 is 0 Å². The second kappa shape index (κ2) is 4.23. The summed E-state index contributed by atoms with van der Waals surface area (Å²) in [4.78, 5) is 0. The van der Waals surface area contributed by atoms with Crippen LogP contribution in [-0.4, -0.2) is 0 Å². The zero-order chi connectivity index (χ0) is 11.7. The summed E-state index contributed by atoms with van der Waals surface area (Å²) in [6.07, 6.45) is 4.73. The molecule has 0 amide bonds. The summed E-state index contributed by atoms with van der Waals surface area (Å²) in [5, 5.41) is 0. The van der Waals surface area contributed by atoms with Crippen molar-refractivity contribution in [3.8, 4) is 12.3 Å². The van der Waals surface area contributed by atoms with Crippen LogP contribution in [0, 0.1) is 35.6 Å². The Hall–Kier alpha value is -1.03. The van der Waals surface area contributed by atoms with Gasteiger partial charge in [-0.3, -0.25) is 0 Å². The Bertz CT molecular complexity index is 456. The lowest BCUT2D eigenvalue weighted by molar-refractivity contribution is 0.448. The molecule has 0 fully saturated rings. The van der Waals surface area contributed by atoms with E-state index in [1.54, 1.807) is 5.92 Å². The molecule has 1 rings (SSSR count). The number of terminal acetylenes is 1. The molecule has 0 N–H and O–H groups in total. The first-order valence-electron chi connectivity index (χ1n) is 3.59.